The van der Waals surface area contributed by atoms with Gasteiger partial charge in [0, 0.05) is 45.5 Å². The summed E-state index contributed by atoms with van der Waals surface area (Å²) in [5, 5.41) is 0. The molecule has 3 heterocycles. The second-order valence-electron chi connectivity index (χ2n) is 7.21. The number of pyridine rings is 1. The van der Waals surface area contributed by atoms with Gasteiger partial charge >= 0.3 is 0 Å². The van der Waals surface area contributed by atoms with Crippen molar-refractivity contribution in [2.45, 2.75) is 20.0 Å². The van der Waals surface area contributed by atoms with Crippen molar-refractivity contribution in [1.82, 2.24) is 24.3 Å². The first-order valence-corrected chi connectivity index (χ1v) is 9.51. The second-order valence-corrected chi connectivity index (χ2v) is 7.21. The molecule has 4 rings (SSSR count). The molecular weight excluding hydrogens is 338 g/mol. The topological polar surface area (TPSA) is 54.3 Å². The van der Waals surface area contributed by atoms with E-state index < -0.39 is 0 Å². The molecule has 2 aromatic heterocycles. The predicted octanol–water partition coefficient (Wildman–Crippen LogP) is 2.41. The van der Waals surface area contributed by atoms with Gasteiger partial charge in [-0.3, -0.25) is 14.7 Å². The number of carbonyl (C=O) groups is 1. The normalized spacial score (nSPS) is 16.6. The van der Waals surface area contributed by atoms with E-state index in [1.165, 1.54) is 0 Å². The van der Waals surface area contributed by atoms with E-state index in [1.807, 2.05) is 54.7 Å². The summed E-state index contributed by atoms with van der Waals surface area (Å²) in [4.78, 5) is 26.1. The SMILES string of the molecule is CC(Cn1cnc2ccccc21)C(=O)N1CCN(Cc2ccccn2)CC1. The maximum Gasteiger partial charge on any atom is 0.227 e. The number of hydrogen-bond donors (Lipinski definition) is 0. The lowest BCUT2D eigenvalue weighted by Gasteiger charge is -2.35. The first kappa shape index (κ1) is 17.7. The minimum atomic E-state index is -0.0649. The Morgan fingerprint density at radius 2 is 1.81 bits per heavy atom. The fourth-order valence-electron chi connectivity index (χ4n) is 3.69. The van der Waals surface area contributed by atoms with Crippen molar-refractivity contribution < 1.29 is 4.79 Å². The van der Waals surface area contributed by atoms with E-state index in [4.69, 9.17) is 0 Å². The molecule has 0 aliphatic carbocycles. The van der Waals surface area contributed by atoms with E-state index in [1.54, 1.807) is 0 Å². The summed E-state index contributed by atoms with van der Waals surface area (Å²) in [5.74, 6) is 0.162. The van der Waals surface area contributed by atoms with E-state index >= 15 is 0 Å². The number of piperazine rings is 1. The molecule has 140 valence electrons. The Balaban J connectivity index is 1.32. The van der Waals surface area contributed by atoms with Crippen LogP contribution >= 0.6 is 0 Å². The average molecular weight is 363 g/mol. The maximum absolute atomic E-state index is 12.9. The summed E-state index contributed by atoms with van der Waals surface area (Å²) in [6, 6.07) is 14.0. The molecule has 1 fully saturated rings. The van der Waals surface area contributed by atoms with Crippen molar-refractivity contribution >= 4 is 16.9 Å². The molecule has 6 heteroatoms. The number of rotatable bonds is 5. The highest BCUT2D eigenvalue weighted by atomic mass is 16.2. The van der Waals surface area contributed by atoms with Gasteiger partial charge in [-0.1, -0.05) is 25.1 Å². The molecular formula is C21H25N5O. The molecule has 0 bridgehead atoms. The third-order valence-corrected chi connectivity index (χ3v) is 5.22. The monoisotopic (exact) mass is 363 g/mol. The number of aromatic nitrogens is 3. The Labute approximate surface area is 159 Å². The van der Waals surface area contributed by atoms with Crippen LogP contribution in [-0.4, -0.2) is 56.4 Å². The Kier molecular flexibility index (Phi) is 5.16. The third-order valence-electron chi connectivity index (χ3n) is 5.22. The Morgan fingerprint density at radius 1 is 1.04 bits per heavy atom. The van der Waals surface area contributed by atoms with Gasteiger partial charge in [-0.2, -0.15) is 0 Å². The van der Waals surface area contributed by atoms with E-state index in [0.717, 1.165) is 49.5 Å². The number of amides is 1. The van der Waals surface area contributed by atoms with Crippen LogP contribution in [-0.2, 0) is 17.9 Å². The van der Waals surface area contributed by atoms with Gasteiger partial charge in [0.05, 0.1) is 29.0 Å². The van der Waals surface area contributed by atoms with Crippen LogP contribution in [0.3, 0.4) is 0 Å². The van der Waals surface area contributed by atoms with Crippen molar-refractivity contribution in [1.29, 1.82) is 0 Å². The summed E-state index contributed by atoms with van der Waals surface area (Å²) in [6.45, 7) is 6.86. The zero-order valence-electron chi connectivity index (χ0n) is 15.7. The summed E-state index contributed by atoms with van der Waals surface area (Å²) in [5.41, 5.74) is 3.13. The van der Waals surface area contributed by atoms with Gasteiger partial charge in [-0.25, -0.2) is 4.98 Å². The fourth-order valence-corrected chi connectivity index (χ4v) is 3.69. The van der Waals surface area contributed by atoms with Gasteiger partial charge in [-0.15, -0.1) is 0 Å². The molecule has 1 aliphatic rings. The average Bonchev–Trinajstić information content (AvgIpc) is 3.12. The van der Waals surface area contributed by atoms with Crippen molar-refractivity contribution in [3.05, 3.63) is 60.7 Å². The molecule has 3 aromatic rings. The summed E-state index contributed by atoms with van der Waals surface area (Å²) >= 11 is 0. The predicted molar refractivity (Wildman–Crippen MR) is 105 cm³/mol. The van der Waals surface area contributed by atoms with E-state index in [-0.39, 0.29) is 11.8 Å². The first-order valence-electron chi connectivity index (χ1n) is 9.51. The molecule has 1 amide bonds. The van der Waals surface area contributed by atoms with Crippen LogP contribution in [0, 0.1) is 5.92 Å². The van der Waals surface area contributed by atoms with Crippen molar-refractivity contribution in [2.24, 2.45) is 5.92 Å². The number of para-hydroxylation sites is 2. The molecule has 0 radical (unpaired) electrons. The molecule has 6 nitrogen and oxygen atoms in total. The van der Waals surface area contributed by atoms with Gasteiger partial charge in [0.1, 0.15) is 0 Å². The molecule has 1 unspecified atom stereocenters. The number of carbonyl (C=O) groups excluding carboxylic acids is 1. The third kappa shape index (κ3) is 4.01. The molecule has 1 aliphatic heterocycles. The van der Waals surface area contributed by atoms with Crippen LogP contribution < -0.4 is 0 Å². The molecule has 1 aromatic carbocycles. The number of fused-ring (bicyclic) bond motifs is 1. The highest BCUT2D eigenvalue weighted by Crippen LogP contribution is 2.16. The Bertz CT molecular complexity index is 899. The standard InChI is InChI=1S/C21H25N5O/c1-17(14-26-16-23-19-7-2-3-8-20(19)26)21(27)25-12-10-24(11-13-25)15-18-6-4-5-9-22-18/h2-9,16-17H,10-15H2,1H3. The summed E-state index contributed by atoms with van der Waals surface area (Å²) < 4.78 is 2.08. The largest absolute Gasteiger partial charge is 0.340 e. The number of hydrogen-bond acceptors (Lipinski definition) is 4. The maximum atomic E-state index is 12.9. The fraction of sp³-hybridized carbons (Fsp3) is 0.381. The van der Waals surface area contributed by atoms with Crippen molar-refractivity contribution in [2.75, 3.05) is 26.2 Å². The molecule has 1 saturated heterocycles. The number of imidazole rings is 1. The molecule has 0 saturated carbocycles. The van der Waals surface area contributed by atoms with Gasteiger partial charge in [0.2, 0.25) is 5.91 Å². The van der Waals surface area contributed by atoms with Crippen LogP contribution in [0.1, 0.15) is 12.6 Å². The van der Waals surface area contributed by atoms with Crippen LogP contribution in [0.25, 0.3) is 11.0 Å². The lowest BCUT2D eigenvalue weighted by molar-refractivity contribution is -0.137. The Hall–Kier alpha value is -2.73. The Morgan fingerprint density at radius 3 is 2.59 bits per heavy atom. The van der Waals surface area contributed by atoms with Gasteiger partial charge in [0.25, 0.3) is 0 Å². The highest BCUT2D eigenvalue weighted by Gasteiger charge is 2.25. The van der Waals surface area contributed by atoms with Crippen LogP contribution in [0.2, 0.25) is 0 Å². The first-order chi connectivity index (χ1) is 13.2. The lowest BCUT2D eigenvalue weighted by atomic mass is 10.1. The minimum Gasteiger partial charge on any atom is -0.340 e. The van der Waals surface area contributed by atoms with Crippen molar-refractivity contribution in [3.63, 3.8) is 0 Å². The van der Waals surface area contributed by atoms with Crippen LogP contribution in [0.4, 0.5) is 0 Å². The summed E-state index contributed by atoms with van der Waals surface area (Å²) in [7, 11) is 0. The van der Waals surface area contributed by atoms with Gasteiger partial charge in [-0.05, 0) is 24.3 Å². The van der Waals surface area contributed by atoms with E-state index in [0.29, 0.717) is 6.54 Å². The van der Waals surface area contributed by atoms with Crippen LogP contribution in [0.5, 0.6) is 0 Å². The smallest absolute Gasteiger partial charge is 0.227 e. The van der Waals surface area contributed by atoms with Crippen molar-refractivity contribution in [3.8, 4) is 0 Å². The lowest BCUT2D eigenvalue weighted by Crippen LogP contribution is -2.50. The number of benzene rings is 1. The zero-order valence-corrected chi connectivity index (χ0v) is 15.7. The van der Waals surface area contributed by atoms with E-state index in [9.17, 15) is 4.79 Å². The van der Waals surface area contributed by atoms with E-state index in [2.05, 4.69) is 31.6 Å². The molecule has 27 heavy (non-hydrogen) atoms. The molecule has 0 spiro atoms. The van der Waals surface area contributed by atoms with Gasteiger partial charge < -0.3 is 9.47 Å². The van der Waals surface area contributed by atoms with Gasteiger partial charge in [0.15, 0.2) is 0 Å². The number of nitrogens with zero attached hydrogens (tertiary/aromatic N) is 5. The van der Waals surface area contributed by atoms with Crippen LogP contribution in [0.15, 0.2) is 55.0 Å². The molecule has 0 N–H and O–H groups in total. The molecule has 1 atom stereocenters. The highest BCUT2D eigenvalue weighted by molar-refractivity contribution is 5.79. The quantitative estimate of drug-likeness (QED) is 0.699. The second kappa shape index (κ2) is 7.88. The minimum absolute atomic E-state index is 0.0649. The zero-order chi connectivity index (χ0) is 18.6. The summed E-state index contributed by atoms with van der Waals surface area (Å²) in [6.07, 6.45) is 3.66.